The van der Waals surface area contributed by atoms with Crippen molar-refractivity contribution in [2.24, 2.45) is 0 Å². The van der Waals surface area contributed by atoms with Gasteiger partial charge in [-0.1, -0.05) is 42.5 Å². The molecule has 5 heteroatoms. The summed E-state index contributed by atoms with van der Waals surface area (Å²) in [6.45, 7) is 2.52. The van der Waals surface area contributed by atoms with Gasteiger partial charge in [0.1, 0.15) is 0 Å². The van der Waals surface area contributed by atoms with Crippen LogP contribution in [-0.4, -0.2) is 54.9 Å². The van der Waals surface area contributed by atoms with E-state index >= 15 is 0 Å². The fourth-order valence-corrected chi connectivity index (χ4v) is 3.57. The Morgan fingerprint density at radius 1 is 0.778 bits per heavy atom. The predicted molar refractivity (Wildman–Crippen MR) is 103 cm³/mol. The van der Waals surface area contributed by atoms with E-state index in [1.54, 1.807) is 24.3 Å². The highest BCUT2D eigenvalue weighted by Crippen LogP contribution is 2.22. The normalized spacial score (nSPS) is 13.5. The van der Waals surface area contributed by atoms with Crippen molar-refractivity contribution >= 4 is 11.8 Å². The molecule has 144 valence electrons. The highest BCUT2D eigenvalue weighted by molar-refractivity contribution is 6.21. The number of benzene rings is 2. The zero-order valence-electron chi connectivity index (χ0n) is 16.0. The zero-order valence-corrected chi connectivity index (χ0v) is 17.6. The minimum absolute atomic E-state index is 0. The molecule has 1 aliphatic rings. The first-order valence-corrected chi connectivity index (χ1v) is 9.29. The molecule has 0 saturated carbocycles. The first kappa shape index (κ1) is 21.3. The van der Waals surface area contributed by atoms with Crippen molar-refractivity contribution < 1.29 is 31.1 Å². The maximum Gasteiger partial charge on any atom is 0.261 e. The van der Waals surface area contributed by atoms with Gasteiger partial charge in [0.2, 0.25) is 0 Å². The molecule has 0 saturated heterocycles. The van der Waals surface area contributed by atoms with Crippen molar-refractivity contribution in [1.29, 1.82) is 0 Å². The summed E-state index contributed by atoms with van der Waals surface area (Å²) in [5.41, 5.74) is 2.45. The van der Waals surface area contributed by atoms with Crippen molar-refractivity contribution in [1.82, 2.24) is 4.90 Å². The molecule has 0 bridgehead atoms. The lowest BCUT2D eigenvalue weighted by molar-refractivity contribution is -0.890. The van der Waals surface area contributed by atoms with Crippen LogP contribution in [0.25, 0.3) is 0 Å². The Morgan fingerprint density at radius 2 is 1.30 bits per heavy atom. The van der Waals surface area contributed by atoms with Crippen LogP contribution in [0.15, 0.2) is 54.6 Å². The average molecular weight is 431 g/mol. The maximum atomic E-state index is 12.4. The first-order valence-electron chi connectivity index (χ1n) is 9.29. The Kier molecular flexibility index (Phi) is 7.33. The van der Waals surface area contributed by atoms with E-state index in [0.717, 1.165) is 36.8 Å². The summed E-state index contributed by atoms with van der Waals surface area (Å²) < 4.78 is 0.899. The number of quaternary nitrogens is 1. The lowest BCUT2D eigenvalue weighted by atomic mass is 10.1. The highest BCUT2D eigenvalue weighted by Gasteiger charge is 2.34. The number of amides is 2. The van der Waals surface area contributed by atoms with E-state index in [4.69, 9.17) is 0 Å². The number of carbonyl (C=O) groups excluding carboxylic acids is 2. The minimum Gasteiger partial charge on any atom is -1.00 e. The summed E-state index contributed by atoms with van der Waals surface area (Å²) in [5, 5.41) is 0. The van der Waals surface area contributed by atoms with E-state index in [0.29, 0.717) is 17.7 Å². The van der Waals surface area contributed by atoms with Crippen LogP contribution in [0.3, 0.4) is 0 Å². The molecule has 0 unspecified atom stereocenters. The van der Waals surface area contributed by atoms with Crippen molar-refractivity contribution in [3.63, 3.8) is 0 Å². The summed E-state index contributed by atoms with van der Waals surface area (Å²) in [6, 6.07) is 17.6. The summed E-state index contributed by atoms with van der Waals surface area (Å²) in [7, 11) is 4.43. The molecule has 4 nitrogen and oxygen atoms in total. The van der Waals surface area contributed by atoms with E-state index < -0.39 is 0 Å². The quantitative estimate of drug-likeness (QED) is 0.448. The molecule has 2 amide bonds. The Balaban J connectivity index is 0.00000261. The molecule has 0 aliphatic carbocycles. The standard InChI is InChI=1S/C22H27N2O2.BrH/c1-24(2,16-8-12-18-10-4-3-5-11-18)17-9-15-23-21(25)19-13-6-7-14-20(19)22(23)26;/h3-7,10-11,13-14H,8-9,12,15-17H2,1-2H3;1H/q+1;/p-1. The van der Waals surface area contributed by atoms with Crippen molar-refractivity contribution in [3.05, 3.63) is 71.3 Å². The van der Waals surface area contributed by atoms with E-state index in [1.165, 1.54) is 10.5 Å². The Bertz CT molecular complexity index is 755. The Labute approximate surface area is 172 Å². The molecule has 2 aromatic rings. The smallest absolute Gasteiger partial charge is 0.261 e. The Hall–Kier alpha value is -1.98. The second-order valence-electron chi connectivity index (χ2n) is 7.63. The van der Waals surface area contributed by atoms with Gasteiger partial charge in [0.25, 0.3) is 11.8 Å². The number of hydrogen-bond donors (Lipinski definition) is 0. The van der Waals surface area contributed by atoms with E-state index in [-0.39, 0.29) is 28.8 Å². The number of imide groups is 1. The summed E-state index contributed by atoms with van der Waals surface area (Å²) in [5.74, 6) is -0.306. The van der Waals surface area contributed by atoms with Gasteiger partial charge in [-0.25, -0.2) is 0 Å². The van der Waals surface area contributed by atoms with Crippen LogP contribution in [0.2, 0.25) is 0 Å². The molecule has 27 heavy (non-hydrogen) atoms. The van der Waals surface area contributed by atoms with Gasteiger partial charge in [-0.2, -0.15) is 0 Å². The van der Waals surface area contributed by atoms with E-state index in [1.807, 2.05) is 6.07 Å². The van der Waals surface area contributed by atoms with Gasteiger partial charge in [0, 0.05) is 19.4 Å². The molecule has 0 radical (unpaired) electrons. The van der Waals surface area contributed by atoms with Gasteiger partial charge >= 0.3 is 0 Å². The van der Waals surface area contributed by atoms with Crippen molar-refractivity contribution in [2.45, 2.75) is 19.3 Å². The van der Waals surface area contributed by atoms with Crippen molar-refractivity contribution in [2.75, 3.05) is 33.7 Å². The number of halogens is 1. The van der Waals surface area contributed by atoms with Crippen LogP contribution < -0.4 is 17.0 Å². The lowest BCUT2D eigenvalue weighted by Gasteiger charge is -2.30. The monoisotopic (exact) mass is 430 g/mol. The molecule has 0 aromatic heterocycles. The predicted octanol–water partition coefficient (Wildman–Crippen LogP) is 0.386. The number of carbonyl (C=O) groups is 2. The third-order valence-corrected chi connectivity index (χ3v) is 5.10. The molecule has 3 rings (SSSR count). The van der Waals surface area contributed by atoms with Crippen LogP contribution in [0, 0.1) is 0 Å². The van der Waals surface area contributed by atoms with Gasteiger partial charge in [-0.3, -0.25) is 14.5 Å². The third-order valence-electron chi connectivity index (χ3n) is 5.10. The zero-order chi connectivity index (χ0) is 18.6. The number of fused-ring (bicyclic) bond motifs is 1. The van der Waals surface area contributed by atoms with Gasteiger partial charge in [0.05, 0.1) is 38.3 Å². The van der Waals surface area contributed by atoms with Gasteiger partial charge in [-0.15, -0.1) is 0 Å². The van der Waals surface area contributed by atoms with Crippen molar-refractivity contribution in [3.8, 4) is 0 Å². The van der Waals surface area contributed by atoms with Gasteiger partial charge < -0.3 is 21.5 Å². The van der Waals surface area contributed by atoms with E-state index in [9.17, 15) is 9.59 Å². The lowest BCUT2D eigenvalue weighted by Crippen LogP contribution is -3.00. The number of nitrogens with zero attached hydrogens (tertiary/aromatic N) is 2. The Morgan fingerprint density at radius 3 is 1.89 bits per heavy atom. The van der Waals surface area contributed by atoms with Crippen LogP contribution in [0.5, 0.6) is 0 Å². The number of hydrogen-bond acceptors (Lipinski definition) is 2. The summed E-state index contributed by atoms with van der Waals surface area (Å²) in [6.07, 6.45) is 3.04. The van der Waals surface area contributed by atoms with Crippen LogP contribution in [-0.2, 0) is 6.42 Å². The fourth-order valence-electron chi connectivity index (χ4n) is 3.57. The second kappa shape index (κ2) is 9.29. The summed E-state index contributed by atoms with van der Waals surface area (Å²) >= 11 is 0. The number of rotatable bonds is 8. The van der Waals surface area contributed by atoms with Gasteiger partial charge in [0.15, 0.2) is 0 Å². The first-order chi connectivity index (χ1) is 12.5. The number of aryl methyl sites for hydroxylation is 1. The molecule has 0 N–H and O–H groups in total. The molecule has 2 aromatic carbocycles. The minimum atomic E-state index is -0.153. The molecule has 1 aliphatic heterocycles. The molecule has 1 heterocycles. The molecule has 0 fully saturated rings. The maximum absolute atomic E-state index is 12.4. The second-order valence-corrected chi connectivity index (χ2v) is 7.63. The summed E-state index contributed by atoms with van der Waals surface area (Å²) in [4.78, 5) is 26.2. The molecular weight excluding hydrogens is 404 g/mol. The van der Waals surface area contributed by atoms with Crippen LogP contribution in [0.1, 0.15) is 39.1 Å². The van der Waals surface area contributed by atoms with Crippen LogP contribution in [0.4, 0.5) is 0 Å². The fraction of sp³-hybridized carbons (Fsp3) is 0.364. The SMILES string of the molecule is C[N+](C)(CCCc1ccccc1)CCCN1C(=O)c2ccccc2C1=O.[Br-]. The topological polar surface area (TPSA) is 37.4 Å². The molecular formula is C22H27BrN2O2. The molecule has 0 spiro atoms. The largest absolute Gasteiger partial charge is 1.00 e. The van der Waals surface area contributed by atoms with E-state index in [2.05, 4.69) is 38.4 Å². The van der Waals surface area contributed by atoms with Crippen LogP contribution >= 0.6 is 0 Å². The average Bonchev–Trinajstić information content (AvgIpc) is 2.88. The molecule has 0 atom stereocenters. The van der Waals surface area contributed by atoms with Gasteiger partial charge in [-0.05, 0) is 24.1 Å². The third kappa shape index (κ3) is 5.27. The highest BCUT2D eigenvalue weighted by atomic mass is 79.9.